The summed E-state index contributed by atoms with van der Waals surface area (Å²) in [5.74, 6) is 0. The molecule has 0 saturated heterocycles. The van der Waals surface area contributed by atoms with Crippen LogP contribution in [-0.2, 0) is 19.5 Å². The quantitative estimate of drug-likeness (QED) is 0.0685. The zero-order chi connectivity index (χ0) is 48.9. The van der Waals surface area contributed by atoms with Crippen molar-refractivity contribution in [1.82, 2.24) is 0 Å². The molecule has 0 aliphatic carbocycles. The van der Waals surface area contributed by atoms with E-state index in [1.54, 1.807) is 0 Å². The summed E-state index contributed by atoms with van der Waals surface area (Å²) in [7, 11) is 0. The minimum atomic E-state index is 0.766. The van der Waals surface area contributed by atoms with Crippen molar-refractivity contribution >= 4 is 57.4 Å². The molecule has 0 aliphatic heterocycles. The van der Waals surface area contributed by atoms with Crippen molar-refractivity contribution in [2.24, 2.45) is 5.10 Å². The number of rotatable bonds is 18. The molecule has 0 saturated carbocycles. The maximum absolute atomic E-state index is 4.95. The van der Waals surface area contributed by atoms with E-state index in [1.807, 2.05) is 59.8 Å². The fourth-order valence-corrected chi connectivity index (χ4v) is 9.02. The number of hydrazone groups is 1. The van der Waals surface area contributed by atoms with Gasteiger partial charge in [-0.1, -0.05) is 169 Å². The number of aryl methyl sites for hydroxylation is 2. The minimum absolute atomic E-state index is 0.766. The zero-order valence-electron chi connectivity index (χ0n) is 40.8. The topological polar surface area (TPSA) is 37.4 Å². The SMILES string of the molecule is Cc1ccc(N(c2ccc(/C=N/N(c3ccccc3)c3ccccc3)cc2)c2ccc(Cc3cccc(CN(Cc4ccccc4)c4ccc(NN(c5ccccc5)c5ccccc5)c(C)c4)c3)cc2)cc1. The molecule has 0 atom stereocenters. The summed E-state index contributed by atoms with van der Waals surface area (Å²) in [6.07, 6.45) is 2.75. The van der Waals surface area contributed by atoms with Gasteiger partial charge < -0.3 is 9.80 Å². The molecule has 352 valence electrons. The van der Waals surface area contributed by atoms with Gasteiger partial charge in [-0.2, -0.15) is 5.10 Å². The van der Waals surface area contributed by atoms with Crippen LogP contribution >= 0.6 is 0 Å². The van der Waals surface area contributed by atoms with Gasteiger partial charge in [0.05, 0.1) is 34.7 Å². The van der Waals surface area contributed by atoms with E-state index >= 15 is 0 Å². The van der Waals surface area contributed by atoms with Gasteiger partial charge in [-0.05, 0) is 157 Å². The minimum Gasteiger partial charge on any atom is -0.363 e. The van der Waals surface area contributed by atoms with E-state index in [4.69, 9.17) is 5.10 Å². The molecule has 1 N–H and O–H groups in total. The lowest BCUT2D eigenvalue weighted by Crippen LogP contribution is -2.25. The zero-order valence-corrected chi connectivity index (χ0v) is 40.8. The van der Waals surface area contributed by atoms with Crippen LogP contribution in [0.4, 0.5) is 51.2 Å². The molecule has 0 fully saturated rings. The standard InChI is InChI=1S/C66H58N6/c1-51-31-37-58(38-32-51)70(60-41-35-54(36-42-60)48-67-71(61-23-10-4-11-24-61)62-25-12-5-13-26-62)59-39-33-53(34-40-59)46-56-21-18-22-57(47-56)50-69(49-55-19-8-3-9-20-55)65-43-44-66(52(2)45-65)68-72(63-27-14-6-15-28-63)64-29-16-7-17-30-64/h3-45,47-48,68H,46,49-50H2,1-2H3/b67-48+. The van der Waals surface area contributed by atoms with Crippen LogP contribution in [0.25, 0.3) is 0 Å². The highest BCUT2D eigenvalue weighted by atomic mass is 15.5. The van der Waals surface area contributed by atoms with Crippen LogP contribution in [0.3, 0.4) is 0 Å². The molecule has 0 aromatic heterocycles. The number of nitrogens with zero attached hydrogens (tertiary/aromatic N) is 5. The summed E-state index contributed by atoms with van der Waals surface area (Å²) < 4.78 is 0. The molecule has 10 aromatic carbocycles. The van der Waals surface area contributed by atoms with Gasteiger partial charge in [-0.15, -0.1) is 0 Å². The first-order valence-corrected chi connectivity index (χ1v) is 24.6. The number of anilines is 9. The smallest absolute Gasteiger partial charge is 0.0652 e. The fourth-order valence-electron chi connectivity index (χ4n) is 9.02. The first kappa shape index (κ1) is 46.6. The van der Waals surface area contributed by atoms with Gasteiger partial charge in [0.2, 0.25) is 0 Å². The number of hydrogen-bond acceptors (Lipinski definition) is 6. The Morgan fingerprint density at radius 2 is 0.833 bits per heavy atom. The van der Waals surface area contributed by atoms with Crippen LogP contribution in [-0.4, -0.2) is 6.21 Å². The number of benzene rings is 10. The lowest BCUT2D eigenvalue weighted by atomic mass is 10.0. The van der Waals surface area contributed by atoms with Gasteiger partial charge in [0.1, 0.15) is 0 Å². The van der Waals surface area contributed by atoms with E-state index in [-0.39, 0.29) is 0 Å². The van der Waals surface area contributed by atoms with Gasteiger partial charge in [0, 0.05) is 35.8 Å². The van der Waals surface area contributed by atoms with E-state index in [0.29, 0.717) is 0 Å². The monoisotopic (exact) mass is 934 g/mol. The summed E-state index contributed by atoms with van der Waals surface area (Å²) in [5.41, 5.74) is 21.8. The van der Waals surface area contributed by atoms with Crippen molar-refractivity contribution in [1.29, 1.82) is 0 Å². The Morgan fingerprint density at radius 3 is 1.39 bits per heavy atom. The van der Waals surface area contributed by atoms with Gasteiger partial charge in [-0.3, -0.25) is 10.4 Å². The molecule has 0 heterocycles. The lowest BCUT2D eigenvalue weighted by molar-refractivity contribution is 0.798. The predicted octanol–water partition coefficient (Wildman–Crippen LogP) is 16.9. The Bertz CT molecular complexity index is 3210. The van der Waals surface area contributed by atoms with Gasteiger partial charge >= 0.3 is 0 Å². The first-order valence-electron chi connectivity index (χ1n) is 24.6. The van der Waals surface area contributed by atoms with E-state index < -0.39 is 0 Å². The van der Waals surface area contributed by atoms with Crippen LogP contribution in [0, 0.1) is 13.8 Å². The average molecular weight is 935 g/mol. The van der Waals surface area contributed by atoms with Crippen LogP contribution in [0.5, 0.6) is 0 Å². The second-order valence-corrected chi connectivity index (χ2v) is 18.1. The molecular formula is C66H58N6. The molecule has 10 rings (SSSR count). The van der Waals surface area contributed by atoms with Crippen LogP contribution in [0.1, 0.15) is 38.9 Å². The average Bonchev–Trinajstić information content (AvgIpc) is 3.43. The molecule has 0 bridgehead atoms. The molecule has 0 aliphatic rings. The third-order valence-electron chi connectivity index (χ3n) is 12.8. The van der Waals surface area contributed by atoms with Crippen LogP contribution < -0.4 is 25.2 Å². The third kappa shape index (κ3) is 11.6. The maximum Gasteiger partial charge on any atom is 0.0652 e. The molecule has 0 amide bonds. The van der Waals surface area contributed by atoms with E-state index in [1.165, 1.54) is 33.5 Å². The predicted molar refractivity (Wildman–Crippen MR) is 304 cm³/mol. The van der Waals surface area contributed by atoms with Crippen molar-refractivity contribution in [2.45, 2.75) is 33.4 Å². The van der Waals surface area contributed by atoms with E-state index in [9.17, 15) is 0 Å². The van der Waals surface area contributed by atoms with Crippen LogP contribution in [0.15, 0.2) is 272 Å². The molecule has 0 radical (unpaired) electrons. The van der Waals surface area contributed by atoms with Gasteiger partial charge in [-0.25, -0.2) is 5.01 Å². The largest absolute Gasteiger partial charge is 0.363 e. The number of hydrogen-bond donors (Lipinski definition) is 1. The Hall–Kier alpha value is -9.13. The van der Waals surface area contributed by atoms with Crippen molar-refractivity contribution in [2.75, 3.05) is 25.2 Å². The first-order chi connectivity index (χ1) is 35.5. The second kappa shape index (κ2) is 22.5. The second-order valence-electron chi connectivity index (χ2n) is 18.1. The number of para-hydroxylation sites is 4. The highest BCUT2D eigenvalue weighted by Crippen LogP contribution is 2.36. The highest BCUT2D eigenvalue weighted by Gasteiger charge is 2.16. The molecule has 0 spiro atoms. The molecular weight excluding hydrogens is 877 g/mol. The third-order valence-corrected chi connectivity index (χ3v) is 12.8. The lowest BCUT2D eigenvalue weighted by Gasteiger charge is -2.29. The van der Waals surface area contributed by atoms with E-state index in [0.717, 1.165) is 76.1 Å². The van der Waals surface area contributed by atoms with Gasteiger partial charge in [0.25, 0.3) is 0 Å². The summed E-state index contributed by atoms with van der Waals surface area (Å²) in [6, 6.07) is 94.4. The Morgan fingerprint density at radius 1 is 0.375 bits per heavy atom. The van der Waals surface area contributed by atoms with Crippen LogP contribution in [0.2, 0.25) is 0 Å². The number of nitrogens with one attached hydrogen (secondary N) is 1. The van der Waals surface area contributed by atoms with Gasteiger partial charge in [0.15, 0.2) is 0 Å². The summed E-state index contributed by atoms with van der Waals surface area (Å²) in [6.45, 7) is 5.87. The Labute approximate surface area is 425 Å². The summed E-state index contributed by atoms with van der Waals surface area (Å²) >= 11 is 0. The summed E-state index contributed by atoms with van der Waals surface area (Å²) in [4.78, 5) is 4.80. The Balaban J connectivity index is 0.865. The van der Waals surface area contributed by atoms with Crippen molar-refractivity contribution < 1.29 is 0 Å². The molecule has 72 heavy (non-hydrogen) atoms. The molecule has 10 aromatic rings. The highest BCUT2D eigenvalue weighted by molar-refractivity contribution is 5.84. The molecule has 6 nitrogen and oxygen atoms in total. The number of hydrazine groups is 1. The van der Waals surface area contributed by atoms with Crippen molar-refractivity contribution in [3.63, 3.8) is 0 Å². The fraction of sp³-hybridized carbons (Fsp3) is 0.0758. The summed E-state index contributed by atoms with van der Waals surface area (Å²) in [5, 5.41) is 9.06. The Kier molecular flexibility index (Phi) is 14.6. The maximum atomic E-state index is 4.95. The normalized spacial score (nSPS) is 11.0. The molecule has 0 unspecified atom stereocenters. The molecule has 6 heteroatoms. The van der Waals surface area contributed by atoms with Crippen molar-refractivity contribution in [3.05, 3.63) is 306 Å². The van der Waals surface area contributed by atoms with E-state index in [2.05, 4.69) is 252 Å². The van der Waals surface area contributed by atoms with Crippen molar-refractivity contribution in [3.8, 4) is 0 Å².